The monoisotopic (exact) mass is 475 g/mol. The van der Waals surface area contributed by atoms with Crippen molar-refractivity contribution in [2.75, 3.05) is 13.7 Å². The Bertz CT molecular complexity index is 905. The lowest BCUT2D eigenvalue weighted by atomic mass is 10.1. The third-order valence-corrected chi connectivity index (χ3v) is 5.90. The topological polar surface area (TPSA) is 81.7 Å². The number of methoxy groups -OCH3 is 1. The molecule has 0 spiro atoms. The molecule has 0 aromatic heterocycles. The smallest absolute Gasteiger partial charge is 0.324 e. The number of hydrogen-bond donors (Lipinski definition) is 1. The fraction of sp³-hybridized carbons (Fsp3) is 0.278. The number of carbonyl (C=O) groups is 1. The Balaban J connectivity index is 2.39. The number of halogens is 2. The van der Waals surface area contributed by atoms with Crippen molar-refractivity contribution in [3.8, 4) is 5.75 Å². The van der Waals surface area contributed by atoms with Gasteiger partial charge in [0.25, 0.3) is 0 Å². The van der Waals surface area contributed by atoms with Crippen molar-refractivity contribution >= 4 is 43.5 Å². The van der Waals surface area contributed by atoms with E-state index in [4.69, 9.17) is 21.1 Å². The standard InChI is InChI=1S/C18H19BrClNO5S/c1-3-26-18(22)15(9-12-7-5-4-6-8-12)21-27(23,24)16-11-13(20)10-14(19)17(16)25-2/h4-8,10-11,15,21H,3,9H2,1-2H3. The van der Waals surface area contributed by atoms with Gasteiger partial charge in [-0.2, -0.15) is 4.72 Å². The molecule has 1 atom stereocenters. The number of benzene rings is 2. The Morgan fingerprint density at radius 2 is 1.93 bits per heavy atom. The zero-order valence-corrected chi connectivity index (χ0v) is 17.9. The Morgan fingerprint density at radius 3 is 2.52 bits per heavy atom. The van der Waals surface area contributed by atoms with Gasteiger partial charge in [0, 0.05) is 5.02 Å². The highest BCUT2D eigenvalue weighted by atomic mass is 79.9. The van der Waals surface area contributed by atoms with Crippen LogP contribution in [-0.4, -0.2) is 34.1 Å². The molecule has 0 aliphatic carbocycles. The van der Waals surface area contributed by atoms with Gasteiger partial charge in [-0.05, 0) is 47.0 Å². The highest BCUT2D eigenvalue weighted by Gasteiger charge is 2.30. The molecule has 0 radical (unpaired) electrons. The summed E-state index contributed by atoms with van der Waals surface area (Å²) < 4.78 is 38.9. The number of rotatable bonds is 8. The number of nitrogens with one attached hydrogen (secondary N) is 1. The van der Waals surface area contributed by atoms with Crippen LogP contribution in [0.4, 0.5) is 0 Å². The van der Waals surface area contributed by atoms with Crippen molar-refractivity contribution in [1.82, 2.24) is 4.72 Å². The van der Waals surface area contributed by atoms with Crippen molar-refractivity contribution < 1.29 is 22.7 Å². The van der Waals surface area contributed by atoms with E-state index in [2.05, 4.69) is 20.7 Å². The first-order valence-electron chi connectivity index (χ1n) is 8.04. The van der Waals surface area contributed by atoms with E-state index in [1.807, 2.05) is 18.2 Å². The molecular weight excluding hydrogens is 458 g/mol. The van der Waals surface area contributed by atoms with Crippen LogP contribution in [0.15, 0.2) is 51.8 Å². The van der Waals surface area contributed by atoms with Crippen molar-refractivity contribution in [2.45, 2.75) is 24.3 Å². The van der Waals surface area contributed by atoms with Gasteiger partial charge in [-0.1, -0.05) is 41.9 Å². The first kappa shape index (κ1) is 21.7. The molecule has 2 aromatic rings. The Morgan fingerprint density at radius 1 is 1.26 bits per heavy atom. The fourth-order valence-corrected chi connectivity index (χ4v) is 5.02. The van der Waals surface area contributed by atoms with Gasteiger partial charge in [0.2, 0.25) is 10.0 Å². The van der Waals surface area contributed by atoms with Gasteiger partial charge in [0.1, 0.15) is 10.9 Å². The summed E-state index contributed by atoms with van der Waals surface area (Å²) in [6, 6.07) is 10.7. The summed E-state index contributed by atoms with van der Waals surface area (Å²) >= 11 is 9.23. The van der Waals surface area contributed by atoms with Gasteiger partial charge in [0.05, 0.1) is 18.2 Å². The molecule has 0 aliphatic rings. The SMILES string of the molecule is CCOC(=O)C(Cc1ccccc1)NS(=O)(=O)c1cc(Cl)cc(Br)c1OC. The largest absolute Gasteiger partial charge is 0.494 e. The van der Waals surface area contributed by atoms with Gasteiger partial charge >= 0.3 is 5.97 Å². The van der Waals surface area contributed by atoms with Crippen LogP contribution in [0.3, 0.4) is 0 Å². The molecule has 0 saturated heterocycles. The molecule has 0 heterocycles. The molecule has 1 unspecified atom stereocenters. The summed E-state index contributed by atoms with van der Waals surface area (Å²) in [6.45, 7) is 1.79. The molecule has 2 aromatic carbocycles. The van der Waals surface area contributed by atoms with Crippen LogP contribution < -0.4 is 9.46 Å². The van der Waals surface area contributed by atoms with Crippen molar-refractivity contribution in [3.05, 3.63) is 57.5 Å². The van der Waals surface area contributed by atoms with Gasteiger partial charge in [-0.3, -0.25) is 4.79 Å². The van der Waals surface area contributed by atoms with Gasteiger partial charge < -0.3 is 9.47 Å². The summed E-state index contributed by atoms with van der Waals surface area (Å²) in [5.74, 6) is -0.570. The van der Waals surface area contributed by atoms with Gasteiger partial charge in [-0.25, -0.2) is 8.42 Å². The summed E-state index contributed by atoms with van der Waals surface area (Å²) in [7, 11) is -2.77. The summed E-state index contributed by atoms with van der Waals surface area (Å²) in [4.78, 5) is 12.2. The maximum atomic E-state index is 12.9. The normalized spacial score (nSPS) is 12.4. The van der Waals surface area contributed by atoms with Crippen LogP contribution in [0.25, 0.3) is 0 Å². The third-order valence-electron chi connectivity index (χ3n) is 3.62. The van der Waals surface area contributed by atoms with Crippen LogP contribution in [0, 0.1) is 0 Å². The lowest BCUT2D eigenvalue weighted by Crippen LogP contribution is -2.43. The molecule has 146 valence electrons. The summed E-state index contributed by atoms with van der Waals surface area (Å²) in [5.41, 5.74) is 0.789. The molecule has 6 nitrogen and oxygen atoms in total. The van der Waals surface area contributed by atoms with Crippen LogP contribution in [-0.2, 0) is 26.0 Å². The molecule has 9 heteroatoms. The Labute approximate surface area is 172 Å². The number of ether oxygens (including phenoxy) is 2. The predicted molar refractivity (Wildman–Crippen MR) is 107 cm³/mol. The predicted octanol–water partition coefficient (Wildman–Crippen LogP) is 3.56. The molecule has 0 fully saturated rings. The van der Waals surface area contributed by atoms with Gasteiger partial charge in [0.15, 0.2) is 5.75 Å². The quantitative estimate of drug-likeness (QED) is 0.589. The summed E-state index contributed by atoms with van der Waals surface area (Å²) in [6.07, 6.45) is 0.142. The van der Waals surface area contributed by atoms with E-state index in [1.54, 1.807) is 19.1 Å². The third kappa shape index (κ3) is 5.68. The first-order chi connectivity index (χ1) is 12.8. The molecule has 0 amide bonds. The van der Waals surface area contributed by atoms with E-state index in [9.17, 15) is 13.2 Å². The molecule has 1 N–H and O–H groups in total. The second kappa shape index (κ2) is 9.54. The molecule has 27 heavy (non-hydrogen) atoms. The van der Waals surface area contributed by atoms with Crippen molar-refractivity contribution in [3.63, 3.8) is 0 Å². The zero-order valence-electron chi connectivity index (χ0n) is 14.7. The van der Waals surface area contributed by atoms with E-state index in [-0.39, 0.29) is 28.7 Å². The minimum Gasteiger partial charge on any atom is -0.494 e. The van der Waals surface area contributed by atoms with E-state index in [0.29, 0.717) is 4.47 Å². The second-order valence-electron chi connectivity index (χ2n) is 5.53. The molecule has 0 bridgehead atoms. The fourth-order valence-electron chi connectivity index (χ4n) is 2.45. The molecule has 0 aliphatic heterocycles. The van der Waals surface area contributed by atoms with Gasteiger partial charge in [-0.15, -0.1) is 0 Å². The minimum atomic E-state index is -4.12. The van der Waals surface area contributed by atoms with E-state index >= 15 is 0 Å². The summed E-state index contributed by atoms with van der Waals surface area (Å²) in [5, 5.41) is 0.207. The number of carbonyl (C=O) groups excluding carboxylic acids is 1. The number of sulfonamides is 1. The van der Waals surface area contributed by atoms with E-state index in [1.165, 1.54) is 19.2 Å². The van der Waals surface area contributed by atoms with Crippen molar-refractivity contribution in [2.24, 2.45) is 0 Å². The lowest BCUT2D eigenvalue weighted by molar-refractivity contribution is -0.145. The highest BCUT2D eigenvalue weighted by Crippen LogP contribution is 2.35. The first-order valence-corrected chi connectivity index (χ1v) is 10.7. The van der Waals surface area contributed by atoms with Crippen LogP contribution in [0.1, 0.15) is 12.5 Å². The average molecular weight is 477 g/mol. The molecule has 0 saturated carbocycles. The number of hydrogen-bond acceptors (Lipinski definition) is 5. The van der Waals surface area contributed by atoms with Crippen LogP contribution in [0.2, 0.25) is 5.02 Å². The average Bonchev–Trinajstić information content (AvgIpc) is 2.61. The Hall–Kier alpha value is -1.61. The highest BCUT2D eigenvalue weighted by molar-refractivity contribution is 9.10. The maximum Gasteiger partial charge on any atom is 0.324 e. The van der Waals surface area contributed by atoms with Crippen LogP contribution in [0.5, 0.6) is 5.75 Å². The minimum absolute atomic E-state index is 0.0919. The second-order valence-corrected chi connectivity index (χ2v) is 8.51. The Kier molecular flexibility index (Phi) is 7.67. The zero-order chi connectivity index (χ0) is 20.0. The van der Waals surface area contributed by atoms with Crippen LogP contribution >= 0.6 is 27.5 Å². The number of esters is 1. The lowest BCUT2D eigenvalue weighted by Gasteiger charge is -2.19. The molecular formula is C18H19BrClNO5S. The van der Waals surface area contributed by atoms with Crippen molar-refractivity contribution in [1.29, 1.82) is 0 Å². The van der Waals surface area contributed by atoms with E-state index < -0.39 is 22.0 Å². The maximum absolute atomic E-state index is 12.9. The van der Waals surface area contributed by atoms with E-state index in [0.717, 1.165) is 5.56 Å². The molecule has 2 rings (SSSR count).